The highest BCUT2D eigenvalue weighted by molar-refractivity contribution is 5.91. The van der Waals surface area contributed by atoms with Crippen LogP contribution in [-0.2, 0) is 0 Å². The Bertz CT molecular complexity index is 459. The molecule has 110 valence electrons. The van der Waals surface area contributed by atoms with Gasteiger partial charge in [0.15, 0.2) is 0 Å². The van der Waals surface area contributed by atoms with Crippen molar-refractivity contribution in [3.8, 4) is 0 Å². The van der Waals surface area contributed by atoms with Gasteiger partial charge >= 0.3 is 6.03 Å². The Labute approximate surface area is 118 Å². The average Bonchev–Trinajstić information content (AvgIpc) is 2.48. The van der Waals surface area contributed by atoms with Crippen LogP contribution in [0.25, 0.3) is 0 Å². The second kappa shape index (κ2) is 8.16. The molecule has 4 N–H and O–H groups in total. The number of urea groups is 1. The first-order valence-corrected chi connectivity index (χ1v) is 6.46. The van der Waals surface area contributed by atoms with E-state index in [4.69, 9.17) is 5.73 Å². The van der Waals surface area contributed by atoms with Gasteiger partial charge in [0.25, 0.3) is 0 Å². The molecule has 1 rings (SSSR count). The molecule has 5 nitrogen and oxygen atoms in total. The third kappa shape index (κ3) is 4.55. The van der Waals surface area contributed by atoms with Gasteiger partial charge in [-0.1, -0.05) is 0 Å². The van der Waals surface area contributed by atoms with E-state index < -0.39 is 0 Å². The van der Waals surface area contributed by atoms with E-state index in [9.17, 15) is 9.18 Å². The van der Waals surface area contributed by atoms with Crippen molar-refractivity contribution < 1.29 is 9.18 Å². The molecular formula is C14H21FN4O. The van der Waals surface area contributed by atoms with Crippen LogP contribution in [0.15, 0.2) is 36.2 Å². The molecule has 20 heavy (non-hydrogen) atoms. The van der Waals surface area contributed by atoms with Crippen LogP contribution in [-0.4, -0.2) is 32.7 Å². The largest absolute Gasteiger partial charge is 0.381 e. The SMILES string of the molecule is CCNC(=O)N(C)c1ccc(NCC(=CF)CN)cc1. The number of halogens is 1. The van der Waals surface area contributed by atoms with Crippen molar-refractivity contribution in [3.63, 3.8) is 0 Å². The molecule has 0 radical (unpaired) electrons. The van der Waals surface area contributed by atoms with Crippen molar-refractivity contribution in [1.29, 1.82) is 0 Å². The molecule has 0 spiro atoms. The van der Waals surface area contributed by atoms with E-state index in [-0.39, 0.29) is 12.6 Å². The van der Waals surface area contributed by atoms with E-state index in [2.05, 4.69) is 10.6 Å². The van der Waals surface area contributed by atoms with Gasteiger partial charge in [-0.25, -0.2) is 9.18 Å². The molecule has 0 aliphatic carbocycles. The maximum Gasteiger partial charge on any atom is 0.321 e. The summed E-state index contributed by atoms with van der Waals surface area (Å²) >= 11 is 0. The normalized spacial score (nSPS) is 11.1. The van der Waals surface area contributed by atoms with Crippen LogP contribution in [0.3, 0.4) is 0 Å². The minimum absolute atomic E-state index is 0.154. The predicted octanol–water partition coefficient (Wildman–Crippen LogP) is 2.08. The molecular weight excluding hydrogens is 259 g/mol. The highest BCUT2D eigenvalue weighted by Gasteiger charge is 2.08. The van der Waals surface area contributed by atoms with Crippen molar-refractivity contribution >= 4 is 17.4 Å². The maximum atomic E-state index is 12.4. The number of hydrogen-bond donors (Lipinski definition) is 3. The van der Waals surface area contributed by atoms with Gasteiger partial charge in [0.05, 0.1) is 6.33 Å². The minimum Gasteiger partial charge on any atom is -0.381 e. The number of nitrogens with two attached hydrogens (primary N) is 1. The average molecular weight is 280 g/mol. The van der Waals surface area contributed by atoms with E-state index >= 15 is 0 Å². The van der Waals surface area contributed by atoms with Crippen molar-refractivity contribution in [3.05, 3.63) is 36.2 Å². The van der Waals surface area contributed by atoms with Crippen LogP contribution in [0.2, 0.25) is 0 Å². The molecule has 0 saturated heterocycles. The molecule has 1 aromatic rings. The fourth-order valence-corrected chi connectivity index (χ4v) is 1.56. The number of nitrogens with zero attached hydrogens (tertiary/aromatic N) is 1. The van der Waals surface area contributed by atoms with Gasteiger partial charge in [-0.15, -0.1) is 0 Å². The molecule has 6 heteroatoms. The summed E-state index contributed by atoms with van der Waals surface area (Å²) in [5, 5.41) is 5.78. The molecule has 2 amide bonds. The highest BCUT2D eigenvalue weighted by atomic mass is 19.1. The number of rotatable bonds is 6. The Morgan fingerprint density at radius 1 is 1.40 bits per heavy atom. The van der Waals surface area contributed by atoms with Gasteiger partial charge in [-0.3, -0.25) is 4.90 Å². The number of nitrogens with one attached hydrogen (secondary N) is 2. The first-order chi connectivity index (χ1) is 9.62. The standard InChI is InChI=1S/C14H21FN4O/c1-3-17-14(20)19(2)13-6-4-12(5-7-13)18-10-11(8-15)9-16/h4-8,18H,3,9-10,16H2,1-2H3,(H,17,20). The van der Waals surface area contributed by atoms with Crippen LogP contribution < -0.4 is 21.3 Å². The molecule has 0 aliphatic rings. The molecule has 0 aromatic heterocycles. The Morgan fingerprint density at radius 2 is 2.05 bits per heavy atom. The molecule has 0 aliphatic heterocycles. The molecule has 0 atom stereocenters. The van der Waals surface area contributed by atoms with Crippen molar-refractivity contribution in [2.75, 3.05) is 36.9 Å². The summed E-state index contributed by atoms with van der Waals surface area (Å²) in [6.45, 7) is 2.99. The zero-order valence-electron chi connectivity index (χ0n) is 11.8. The first kappa shape index (κ1) is 16.0. The topological polar surface area (TPSA) is 70.4 Å². The summed E-state index contributed by atoms with van der Waals surface area (Å²) in [6, 6.07) is 7.14. The summed E-state index contributed by atoms with van der Waals surface area (Å²) in [4.78, 5) is 13.2. The van der Waals surface area contributed by atoms with Crippen LogP contribution >= 0.6 is 0 Å². The van der Waals surface area contributed by atoms with Crippen LogP contribution in [0.4, 0.5) is 20.6 Å². The number of amides is 2. The lowest BCUT2D eigenvalue weighted by Gasteiger charge is -2.18. The Kier molecular flexibility index (Phi) is 6.52. The second-order valence-corrected chi connectivity index (χ2v) is 4.27. The van der Waals surface area contributed by atoms with Crippen LogP contribution in [0, 0.1) is 0 Å². The van der Waals surface area contributed by atoms with Crippen molar-refractivity contribution in [2.45, 2.75) is 6.92 Å². The minimum atomic E-state index is -0.154. The van der Waals surface area contributed by atoms with E-state index in [1.807, 2.05) is 31.2 Å². The van der Waals surface area contributed by atoms with Gasteiger partial charge < -0.3 is 16.4 Å². The fraction of sp³-hybridized carbons (Fsp3) is 0.357. The lowest BCUT2D eigenvalue weighted by Crippen LogP contribution is -2.36. The smallest absolute Gasteiger partial charge is 0.321 e. The zero-order valence-corrected chi connectivity index (χ0v) is 11.8. The quantitative estimate of drug-likeness (QED) is 0.747. The number of carbonyl (C=O) groups is 1. The number of anilines is 2. The maximum absolute atomic E-state index is 12.4. The Hall–Kier alpha value is -2.08. The summed E-state index contributed by atoms with van der Waals surface area (Å²) in [5.41, 5.74) is 7.49. The van der Waals surface area contributed by atoms with E-state index in [0.717, 1.165) is 11.4 Å². The van der Waals surface area contributed by atoms with Crippen LogP contribution in [0.1, 0.15) is 6.92 Å². The summed E-state index contributed by atoms with van der Waals surface area (Å²) < 4.78 is 12.4. The van der Waals surface area contributed by atoms with Gasteiger partial charge in [-0.05, 0) is 36.8 Å². The lowest BCUT2D eigenvalue weighted by atomic mass is 10.2. The molecule has 0 saturated carbocycles. The van der Waals surface area contributed by atoms with E-state index in [1.165, 1.54) is 4.90 Å². The predicted molar refractivity (Wildman–Crippen MR) is 80.7 cm³/mol. The number of benzene rings is 1. The Balaban J connectivity index is 2.62. The van der Waals surface area contributed by atoms with Gasteiger partial charge in [-0.2, -0.15) is 0 Å². The van der Waals surface area contributed by atoms with E-state index in [0.29, 0.717) is 25.0 Å². The van der Waals surface area contributed by atoms with Crippen LogP contribution in [0.5, 0.6) is 0 Å². The summed E-state index contributed by atoms with van der Waals surface area (Å²) in [6.07, 6.45) is 0.518. The molecule has 0 bridgehead atoms. The fourth-order valence-electron chi connectivity index (χ4n) is 1.56. The molecule has 0 heterocycles. The molecule has 0 fully saturated rings. The van der Waals surface area contributed by atoms with Gasteiger partial charge in [0, 0.05) is 38.1 Å². The third-order valence-corrected chi connectivity index (χ3v) is 2.82. The number of hydrogen-bond acceptors (Lipinski definition) is 3. The lowest BCUT2D eigenvalue weighted by molar-refractivity contribution is 0.248. The van der Waals surface area contributed by atoms with Crippen molar-refractivity contribution in [2.24, 2.45) is 5.73 Å². The summed E-state index contributed by atoms with van der Waals surface area (Å²) in [5.74, 6) is 0. The van der Waals surface area contributed by atoms with Gasteiger partial charge in [0.1, 0.15) is 0 Å². The third-order valence-electron chi connectivity index (χ3n) is 2.82. The monoisotopic (exact) mass is 280 g/mol. The summed E-state index contributed by atoms with van der Waals surface area (Å²) in [7, 11) is 1.70. The number of carbonyl (C=O) groups excluding carboxylic acids is 1. The van der Waals surface area contributed by atoms with Gasteiger partial charge in [0.2, 0.25) is 0 Å². The van der Waals surface area contributed by atoms with Crippen molar-refractivity contribution in [1.82, 2.24) is 5.32 Å². The highest BCUT2D eigenvalue weighted by Crippen LogP contribution is 2.17. The first-order valence-electron chi connectivity index (χ1n) is 6.46. The zero-order chi connectivity index (χ0) is 15.0. The Morgan fingerprint density at radius 3 is 2.55 bits per heavy atom. The second-order valence-electron chi connectivity index (χ2n) is 4.27. The molecule has 0 unspecified atom stereocenters. The van der Waals surface area contributed by atoms with E-state index in [1.54, 1.807) is 7.05 Å². The molecule has 1 aromatic carbocycles.